The molecule has 0 amide bonds. The molecular weight excluding hydrogens is 255 g/mol. The maximum Gasteiger partial charge on any atom is 0.416 e. The summed E-state index contributed by atoms with van der Waals surface area (Å²) in [4.78, 5) is 0. The highest BCUT2D eigenvalue weighted by Gasteiger charge is 2.32. The van der Waals surface area contributed by atoms with Gasteiger partial charge in [0.15, 0.2) is 0 Å². The molecule has 5 heteroatoms. The predicted octanol–water partition coefficient (Wildman–Crippen LogP) is 3.22. The van der Waals surface area contributed by atoms with Crippen LogP contribution in [0.1, 0.15) is 24.0 Å². The van der Waals surface area contributed by atoms with E-state index in [9.17, 15) is 13.2 Å². The van der Waals surface area contributed by atoms with E-state index in [1.165, 1.54) is 12.1 Å². The lowest BCUT2D eigenvalue weighted by atomic mass is 10.00. The van der Waals surface area contributed by atoms with Crippen molar-refractivity contribution >= 4 is 0 Å². The molecule has 0 bridgehead atoms. The van der Waals surface area contributed by atoms with Crippen LogP contribution in [-0.2, 0) is 17.5 Å². The monoisotopic (exact) mass is 273 g/mol. The van der Waals surface area contributed by atoms with Crippen molar-refractivity contribution in [2.45, 2.75) is 25.6 Å². The van der Waals surface area contributed by atoms with Crippen molar-refractivity contribution in [3.05, 3.63) is 35.4 Å². The third-order valence-corrected chi connectivity index (χ3v) is 3.41. The van der Waals surface area contributed by atoms with Crippen LogP contribution in [0.3, 0.4) is 0 Å². The molecule has 0 aliphatic carbocycles. The summed E-state index contributed by atoms with van der Waals surface area (Å²) in [6.07, 6.45) is -2.32. The van der Waals surface area contributed by atoms with Crippen LogP contribution in [0.4, 0.5) is 13.2 Å². The molecule has 106 valence electrons. The third kappa shape index (κ3) is 4.21. The largest absolute Gasteiger partial charge is 0.416 e. The van der Waals surface area contributed by atoms with E-state index in [0.29, 0.717) is 11.5 Å². The van der Waals surface area contributed by atoms with Gasteiger partial charge in [-0.05, 0) is 36.9 Å². The number of alkyl halides is 3. The fraction of sp³-hybridized carbons (Fsp3) is 0.571. The average molecular weight is 273 g/mol. The van der Waals surface area contributed by atoms with Gasteiger partial charge in [-0.2, -0.15) is 13.2 Å². The Kier molecular flexibility index (Phi) is 4.82. The molecule has 1 aromatic carbocycles. The molecule has 1 aliphatic rings. The van der Waals surface area contributed by atoms with Crippen molar-refractivity contribution < 1.29 is 17.9 Å². The number of hydrogen-bond donors (Lipinski definition) is 1. The molecule has 19 heavy (non-hydrogen) atoms. The van der Waals surface area contributed by atoms with Crippen molar-refractivity contribution in [1.29, 1.82) is 0 Å². The van der Waals surface area contributed by atoms with E-state index in [4.69, 9.17) is 4.74 Å². The topological polar surface area (TPSA) is 21.3 Å². The van der Waals surface area contributed by atoms with Crippen LogP contribution in [0.5, 0.6) is 0 Å². The number of ether oxygens (including phenoxy) is 1. The minimum absolute atomic E-state index is 0.257. The van der Waals surface area contributed by atoms with E-state index in [1.807, 2.05) is 0 Å². The first kappa shape index (κ1) is 14.3. The Hall–Kier alpha value is -1.07. The van der Waals surface area contributed by atoms with Crippen LogP contribution in [0, 0.1) is 5.92 Å². The normalized spacial score (nSPS) is 17.6. The Bertz CT molecular complexity index is 400. The van der Waals surface area contributed by atoms with Crippen LogP contribution in [-0.4, -0.2) is 19.8 Å². The first-order valence-electron chi connectivity index (χ1n) is 6.51. The van der Waals surface area contributed by atoms with Gasteiger partial charge in [0.05, 0.1) is 5.56 Å². The molecule has 0 atom stereocenters. The molecule has 0 unspecified atom stereocenters. The van der Waals surface area contributed by atoms with Gasteiger partial charge in [0.25, 0.3) is 0 Å². The summed E-state index contributed by atoms with van der Waals surface area (Å²) in [5.41, 5.74) is -0.239. The summed E-state index contributed by atoms with van der Waals surface area (Å²) < 4.78 is 43.6. The molecule has 0 aromatic heterocycles. The number of nitrogens with one attached hydrogen (secondary N) is 1. The van der Waals surface area contributed by atoms with Gasteiger partial charge in [-0.25, -0.2) is 0 Å². The molecule has 1 aromatic rings. The molecular formula is C14H18F3NO. The molecule has 0 radical (unpaired) electrons. The molecule has 0 spiro atoms. The summed E-state index contributed by atoms with van der Waals surface area (Å²) in [5, 5.41) is 3.13. The standard InChI is InChI=1S/C14H18F3NO/c15-14(16,17)13-4-2-1-3-12(13)10-18-9-11-5-7-19-8-6-11/h1-4,11,18H,5-10H2. The van der Waals surface area contributed by atoms with Crippen molar-refractivity contribution in [2.24, 2.45) is 5.92 Å². The highest BCUT2D eigenvalue weighted by atomic mass is 19.4. The van der Waals surface area contributed by atoms with Gasteiger partial charge in [0, 0.05) is 19.8 Å². The second-order valence-corrected chi connectivity index (χ2v) is 4.84. The van der Waals surface area contributed by atoms with Crippen LogP contribution < -0.4 is 5.32 Å². The van der Waals surface area contributed by atoms with Gasteiger partial charge < -0.3 is 10.1 Å². The fourth-order valence-corrected chi connectivity index (χ4v) is 2.31. The Morgan fingerprint density at radius 3 is 2.53 bits per heavy atom. The number of hydrogen-bond acceptors (Lipinski definition) is 2. The molecule has 2 nitrogen and oxygen atoms in total. The SMILES string of the molecule is FC(F)(F)c1ccccc1CNCC1CCOCC1. The van der Waals surface area contributed by atoms with E-state index < -0.39 is 11.7 Å². The lowest BCUT2D eigenvalue weighted by Gasteiger charge is -2.22. The number of benzene rings is 1. The zero-order chi connectivity index (χ0) is 13.7. The molecule has 1 saturated heterocycles. The summed E-state index contributed by atoms with van der Waals surface area (Å²) in [5.74, 6) is 0.506. The van der Waals surface area contributed by atoms with E-state index >= 15 is 0 Å². The van der Waals surface area contributed by atoms with Gasteiger partial charge in [-0.3, -0.25) is 0 Å². The van der Waals surface area contributed by atoms with E-state index in [2.05, 4.69) is 5.32 Å². The maximum atomic E-state index is 12.8. The van der Waals surface area contributed by atoms with Crippen molar-refractivity contribution in [1.82, 2.24) is 5.32 Å². The van der Waals surface area contributed by atoms with Crippen molar-refractivity contribution in [3.63, 3.8) is 0 Å². The third-order valence-electron chi connectivity index (χ3n) is 3.41. The van der Waals surface area contributed by atoms with E-state index in [0.717, 1.165) is 38.7 Å². The van der Waals surface area contributed by atoms with Crippen LogP contribution in [0.15, 0.2) is 24.3 Å². The minimum atomic E-state index is -4.28. The Morgan fingerprint density at radius 2 is 1.84 bits per heavy atom. The molecule has 1 heterocycles. The maximum absolute atomic E-state index is 12.8. The zero-order valence-corrected chi connectivity index (χ0v) is 10.7. The van der Waals surface area contributed by atoms with E-state index in [-0.39, 0.29) is 6.54 Å². The van der Waals surface area contributed by atoms with Crippen LogP contribution in [0.2, 0.25) is 0 Å². The van der Waals surface area contributed by atoms with Crippen molar-refractivity contribution in [3.8, 4) is 0 Å². The number of halogens is 3. The Labute approximate surface area is 111 Å². The second kappa shape index (κ2) is 6.39. The zero-order valence-electron chi connectivity index (χ0n) is 10.7. The smallest absolute Gasteiger partial charge is 0.381 e. The van der Waals surface area contributed by atoms with Crippen LogP contribution >= 0.6 is 0 Å². The van der Waals surface area contributed by atoms with Gasteiger partial charge in [0.2, 0.25) is 0 Å². The first-order chi connectivity index (χ1) is 9.07. The second-order valence-electron chi connectivity index (χ2n) is 4.84. The lowest BCUT2D eigenvalue weighted by molar-refractivity contribution is -0.138. The van der Waals surface area contributed by atoms with E-state index in [1.54, 1.807) is 6.07 Å². The molecule has 2 rings (SSSR count). The molecule has 1 fully saturated rings. The van der Waals surface area contributed by atoms with Gasteiger partial charge in [-0.15, -0.1) is 0 Å². The van der Waals surface area contributed by atoms with Gasteiger partial charge in [-0.1, -0.05) is 18.2 Å². The predicted molar refractivity (Wildman–Crippen MR) is 66.7 cm³/mol. The lowest BCUT2D eigenvalue weighted by Crippen LogP contribution is -2.28. The van der Waals surface area contributed by atoms with Gasteiger partial charge in [0.1, 0.15) is 0 Å². The average Bonchev–Trinajstić information content (AvgIpc) is 2.39. The minimum Gasteiger partial charge on any atom is -0.381 e. The highest BCUT2D eigenvalue weighted by Crippen LogP contribution is 2.31. The first-order valence-corrected chi connectivity index (χ1v) is 6.51. The van der Waals surface area contributed by atoms with Crippen LogP contribution in [0.25, 0.3) is 0 Å². The number of rotatable bonds is 4. The summed E-state index contributed by atoms with van der Waals surface area (Å²) in [7, 11) is 0. The molecule has 0 saturated carbocycles. The highest BCUT2D eigenvalue weighted by molar-refractivity contribution is 5.29. The quantitative estimate of drug-likeness (QED) is 0.909. The summed E-state index contributed by atoms with van der Waals surface area (Å²) in [6, 6.07) is 5.72. The Morgan fingerprint density at radius 1 is 1.16 bits per heavy atom. The summed E-state index contributed by atoms with van der Waals surface area (Å²) in [6.45, 7) is 2.51. The summed E-state index contributed by atoms with van der Waals surface area (Å²) >= 11 is 0. The fourth-order valence-electron chi connectivity index (χ4n) is 2.31. The molecule has 1 aliphatic heterocycles. The van der Waals surface area contributed by atoms with Gasteiger partial charge >= 0.3 is 6.18 Å². The Balaban J connectivity index is 1.88. The molecule has 1 N–H and O–H groups in total. The van der Waals surface area contributed by atoms with Crippen molar-refractivity contribution in [2.75, 3.05) is 19.8 Å².